The molecular weight excluding hydrogens is 142 g/mol. The predicted molar refractivity (Wildman–Crippen MR) is 42.7 cm³/mol. The van der Waals surface area contributed by atoms with Crippen LogP contribution in [0.3, 0.4) is 0 Å². The minimum Gasteiger partial charge on any atom is -0.385 e. The number of carbonyl (C=O) groups excluding carboxylic acids is 1. The van der Waals surface area contributed by atoms with Gasteiger partial charge in [0, 0.05) is 19.9 Å². The Morgan fingerprint density at radius 3 is 3.00 bits per heavy atom. The maximum absolute atomic E-state index is 10.2. The Bertz CT molecular complexity index is 202. The summed E-state index contributed by atoms with van der Waals surface area (Å²) in [6.45, 7) is 0.740. The lowest BCUT2D eigenvalue weighted by Crippen LogP contribution is -2.04. The summed E-state index contributed by atoms with van der Waals surface area (Å²) in [6, 6.07) is 0. The first-order valence-electron chi connectivity index (χ1n) is 3.60. The maximum atomic E-state index is 10.2. The average molecular weight is 153 g/mol. The van der Waals surface area contributed by atoms with Crippen LogP contribution in [-0.2, 0) is 9.53 Å². The second kappa shape index (κ2) is 4.03. The summed E-state index contributed by atoms with van der Waals surface area (Å²) in [6.07, 6.45) is 4.38. The van der Waals surface area contributed by atoms with Crippen molar-refractivity contribution in [1.29, 1.82) is 0 Å². The molecule has 0 aromatic carbocycles. The summed E-state index contributed by atoms with van der Waals surface area (Å²) < 4.78 is 4.87. The number of rotatable bonds is 5. The van der Waals surface area contributed by atoms with Crippen molar-refractivity contribution >= 4 is 12.5 Å². The molecule has 0 aromatic rings. The van der Waals surface area contributed by atoms with Crippen molar-refractivity contribution in [1.82, 2.24) is 0 Å². The molecule has 0 radical (unpaired) electrons. The minimum atomic E-state index is 0.598. The lowest BCUT2D eigenvalue weighted by molar-refractivity contribution is -0.105. The topological polar surface area (TPSA) is 38.7 Å². The van der Waals surface area contributed by atoms with Gasteiger partial charge in [-0.1, -0.05) is 0 Å². The molecule has 0 spiro atoms. The fourth-order valence-corrected chi connectivity index (χ4v) is 0.936. The van der Waals surface area contributed by atoms with Crippen LogP contribution < -0.4 is 0 Å². The summed E-state index contributed by atoms with van der Waals surface area (Å²) in [7, 11) is 1.67. The van der Waals surface area contributed by atoms with Gasteiger partial charge in [0.2, 0.25) is 0 Å². The molecule has 0 saturated carbocycles. The van der Waals surface area contributed by atoms with Gasteiger partial charge >= 0.3 is 0 Å². The molecule has 0 saturated heterocycles. The van der Waals surface area contributed by atoms with Crippen LogP contribution in [0.25, 0.3) is 0 Å². The zero-order valence-corrected chi connectivity index (χ0v) is 6.54. The van der Waals surface area contributed by atoms with Crippen LogP contribution in [0.4, 0.5) is 0 Å². The highest BCUT2D eigenvalue weighted by atomic mass is 16.5. The molecule has 3 heteroatoms. The number of aldehydes is 1. The SMILES string of the molecule is COCCCC1=C(C=O)N=C1. The van der Waals surface area contributed by atoms with Crippen LogP contribution in [0.15, 0.2) is 16.3 Å². The van der Waals surface area contributed by atoms with Crippen molar-refractivity contribution in [2.24, 2.45) is 4.99 Å². The summed E-state index contributed by atoms with van der Waals surface area (Å²) in [5, 5.41) is 0. The van der Waals surface area contributed by atoms with Crippen LogP contribution in [0, 0.1) is 0 Å². The molecule has 1 aliphatic heterocycles. The molecule has 0 atom stereocenters. The number of allylic oxidation sites excluding steroid dienone is 2. The first-order chi connectivity index (χ1) is 5.38. The normalized spacial score (nSPS) is 15.0. The van der Waals surface area contributed by atoms with Crippen LogP contribution >= 0.6 is 0 Å². The van der Waals surface area contributed by atoms with Crippen LogP contribution in [0.5, 0.6) is 0 Å². The molecule has 1 rings (SSSR count). The zero-order valence-electron chi connectivity index (χ0n) is 6.54. The van der Waals surface area contributed by atoms with E-state index in [0.29, 0.717) is 5.70 Å². The molecule has 1 aliphatic rings. The lowest BCUT2D eigenvalue weighted by atomic mass is 10.1. The Balaban J connectivity index is 2.22. The molecule has 60 valence electrons. The number of ether oxygens (including phenoxy) is 1. The summed E-state index contributed by atoms with van der Waals surface area (Å²) in [5.74, 6) is 0. The van der Waals surface area contributed by atoms with Gasteiger partial charge in [-0.2, -0.15) is 0 Å². The zero-order chi connectivity index (χ0) is 8.10. The molecule has 0 amide bonds. The van der Waals surface area contributed by atoms with E-state index in [1.807, 2.05) is 0 Å². The smallest absolute Gasteiger partial charge is 0.168 e. The molecule has 0 bridgehead atoms. The third-order valence-electron chi connectivity index (χ3n) is 1.59. The summed E-state index contributed by atoms with van der Waals surface area (Å²) >= 11 is 0. The third kappa shape index (κ3) is 1.98. The Hall–Kier alpha value is -0.960. The Morgan fingerprint density at radius 2 is 2.55 bits per heavy atom. The lowest BCUT2D eigenvalue weighted by Gasteiger charge is -2.09. The van der Waals surface area contributed by atoms with E-state index in [2.05, 4.69) is 4.99 Å². The van der Waals surface area contributed by atoms with Gasteiger partial charge in [0.1, 0.15) is 5.70 Å². The second-order valence-electron chi connectivity index (χ2n) is 2.38. The monoisotopic (exact) mass is 153 g/mol. The molecule has 11 heavy (non-hydrogen) atoms. The molecule has 0 aliphatic carbocycles. The summed E-state index contributed by atoms with van der Waals surface area (Å²) in [4.78, 5) is 14.0. The van der Waals surface area contributed by atoms with E-state index < -0.39 is 0 Å². The van der Waals surface area contributed by atoms with Crippen molar-refractivity contribution in [3.8, 4) is 0 Å². The fourth-order valence-electron chi connectivity index (χ4n) is 0.936. The first kappa shape index (κ1) is 8.14. The van der Waals surface area contributed by atoms with E-state index in [4.69, 9.17) is 4.74 Å². The second-order valence-corrected chi connectivity index (χ2v) is 2.38. The van der Waals surface area contributed by atoms with Gasteiger partial charge in [0.15, 0.2) is 6.29 Å². The average Bonchev–Trinajstić information content (AvgIpc) is 1.97. The van der Waals surface area contributed by atoms with Gasteiger partial charge in [-0.05, 0) is 18.4 Å². The van der Waals surface area contributed by atoms with E-state index in [1.54, 1.807) is 13.3 Å². The molecule has 1 heterocycles. The van der Waals surface area contributed by atoms with Crippen LogP contribution in [-0.4, -0.2) is 26.2 Å². The molecule has 0 N–H and O–H groups in total. The number of nitrogens with zero attached hydrogens (tertiary/aromatic N) is 1. The van der Waals surface area contributed by atoms with E-state index in [0.717, 1.165) is 31.3 Å². The Kier molecular flexibility index (Phi) is 2.98. The number of aliphatic imine (C=N–C) groups is 1. The van der Waals surface area contributed by atoms with E-state index >= 15 is 0 Å². The fraction of sp³-hybridized carbons (Fsp3) is 0.500. The van der Waals surface area contributed by atoms with Gasteiger partial charge in [-0.3, -0.25) is 9.79 Å². The predicted octanol–water partition coefficient (Wildman–Crippen LogP) is 0.950. The largest absolute Gasteiger partial charge is 0.385 e. The van der Waals surface area contributed by atoms with Crippen molar-refractivity contribution in [3.05, 3.63) is 11.3 Å². The van der Waals surface area contributed by atoms with Crippen molar-refractivity contribution in [2.45, 2.75) is 12.8 Å². The third-order valence-corrected chi connectivity index (χ3v) is 1.59. The highest BCUT2D eigenvalue weighted by molar-refractivity contribution is 5.97. The van der Waals surface area contributed by atoms with Gasteiger partial charge in [-0.25, -0.2) is 0 Å². The van der Waals surface area contributed by atoms with Gasteiger partial charge in [0.25, 0.3) is 0 Å². The van der Waals surface area contributed by atoms with Crippen molar-refractivity contribution in [2.75, 3.05) is 13.7 Å². The number of methoxy groups -OCH3 is 1. The molecular formula is C8H11NO2. The first-order valence-corrected chi connectivity index (χ1v) is 3.60. The number of carbonyl (C=O) groups is 1. The molecule has 0 fully saturated rings. The van der Waals surface area contributed by atoms with Gasteiger partial charge in [-0.15, -0.1) is 0 Å². The van der Waals surface area contributed by atoms with Gasteiger partial charge < -0.3 is 4.74 Å². The van der Waals surface area contributed by atoms with Gasteiger partial charge in [0.05, 0.1) is 0 Å². The van der Waals surface area contributed by atoms with E-state index in [9.17, 15) is 4.79 Å². The highest BCUT2D eigenvalue weighted by Gasteiger charge is 2.09. The van der Waals surface area contributed by atoms with Crippen molar-refractivity contribution in [3.63, 3.8) is 0 Å². The number of hydrogen-bond acceptors (Lipinski definition) is 3. The van der Waals surface area contributed by atoms with E-state index in [-0.39, 0.29) is 0 Å². The maximum Gasteiger partial charge on any atom is 0.168 e. The molecule has 0 unspecified atom stereocenters. The quantitative estimate of drug-likeness (QED) is 0.435. The Morgan fingerprint density at radius 1 is 1.73 bits per heavy atom. The standard InChI is InChI=1S/C8H11NO2/c1-11-4-2-3-7-5-9-8(7)6-10/h5-6H,2-4H2,1H3. The van der Waals surface area contributed by atoms with Crippen molar-refractivity contribution < 1.29 is 9.53 Å². The minimum absolute atomic E-state index is 0.598. The molecule has 0 aromatic heterocycles. The number of hydrogen-bond donors (Lipinski definition) is 0. The molecule has 3 nitrogen and oxygen atoms in total. The van der Waals surface area contributed by atoms with E-state index in [1.165, 1.54) is 0 Å². The Labute approximate surface area is 65.8 Å². The summed E-state index contributed by atoms with van der Waals surface area (Å²) in [5.41, 5.74) is 1.65. The highest BCUT2D eigenvalue weighted by Crippen LogP contribution is 2.16. The van der Waals surface area contributed by atoms with Crippen LogP contribution in [0.1, 0.15) is 12.8 Å². The van der Waals surface area contributed by atoms with Crippen LogP contribution in [0.2, 0.25) is 0 Å².